The Morgan fingerprint density at radius 2 is 1.06 bits per heavy atom. The Labute approximate surface area is 326 Å². The molecule has 0 N–H and O–H groups in total. The third-order valence-electron chi connectivity index (χ3n) is 9.92. The maximum atomic E-state index is 4.69. The smallest absolute Gasteiger partial charge is 0.0266 e. The second-order valence-electron chi connectivity index (χ2n) is 13.7. The van der Waals surface area contributed by atoms with Crippen LogP contribution in [0.25, 0.3) is 67.0 Å². The van der Waals surface area contributed by atoms with Crippen molar-refractivity contribution in [2.24, 2.45) is 0 Å². The van der Waals surface area contributed by atoms with Crippen molar-refractivity contribution < 1.29 is 20.1 Å². The number of benzene rings is 6. The molecule has 1 radical (unpaired) electrons. The second-order valence-corrected chi connectivity index (χ2v) is 13.7. The van der Waals surface area contributed by atoms with Crippen LogP contribution in [0.1, 0.15) is 30.7 Å². The van der Waals surface area contributed by atoms with E-state index >= 15 is 0 Å². The van der Waals surface area contributed by atoms with Gasteiger partial charge in [-0.2, -0.15) is 0 Å². The first-order valence-electron chi connectivity index (χ1n) is 17.7. The Morgan fingerprint density at radius 1 is 0.453 bits per heavy atom. The van der Waals surface area contributed by atoms with Crippen molar-refractivity contribution in [3.63, 3.8) is 0 Å². The maximum Gasteiger partial charge on any atom is 0.0266 e. The molecule has 3 heteroatoms. The summed E-state index contributed by atoms with van der Waals surface area (Å²) < 4.78 is 0. The van der Waals surface area contributed by atoms with Crippen molar-refractivity contribution in [2.45, 2.75) is 26.2 Å². The quantitative estimate of drug-likeness (QED) is 0.161. The molecule has 2 heterocycles. The van der Waals surface area contributed by atoms with Crippen LogP contribution in [0.2, 0.25) is 0 Å². The van der Waals surface area contributed by atoms with Crippen LogP contribution in [0.5, 0.6) is 0 Å². The molecule has 0 bridgehead atoms. The van der Waals surface area contributed by atoms with Gasteiger partial charge in [0.25, 0.3) is 0 Å². The zero-order valence-corrected chi connectivity index (χ0v) is 32.4. The minimum Gasteiger partial charge on any atom is -0.305 e. The van der Waals surface area contributed by atoms with E-state index in [0.717, 1.165) is 33.8 Å². The van der Waals surface area contributed by atoms with E-state index in [1.807, 2.05) is 73.7 Å². The Morgan fingerprint density at radius 3 is 1.74 bits per heavy atom. The summed E-state index contributed by atoms with van der Waals surface area (Å²) in [6, 6.07) is 66.1. The molecule has 8 aromatic rings. The number of pyridine rings is 2. The molecule has 1 aliphatic rings. The van der Waals surface area contributed by atoms with Gasteiger partial charge in [0.15, 0.2) is 0 Å². The minimum absolute atomic E-state index is 0. The summed E-state index contributed by atoms with van der Waals surface area (Å²) in [7, 11) is 0. The summed E-state index contributed by atoms with van der Waals surface area (Å²) in [5, 5.41) is 0. The van der Waals surface area contributed by atoms with E-state index in [0.29, 0.717) is 0 Å². The first-order valence-corrected chi connectivity index (χ1v) is 17.7. The predicted molar refractivity (Wildman–Crippen MR) is 216 cm³/mol. The summed E-state index contributed by atoms with van der Waals surface area (Å²) in [6.07, 6.45) is 1.79. The normalized spacial score (nSPS) is 12.1. The summed E-state index contributed by atoms with van der Waals surface area (Å²) in [5.74, 6) is 0. The molecule has 259 valence electrons. The first-order chi connectivity index (χ1) is 25.4. The molecule has 0 atom stereocenters. The third kappa shape index (κ3) is 7.46. The number of hydrogen-bond acceptors (Lipinski definition) is 2. The van der Waals surface area contributed by atoms with Crippen LogP contribution in [0.3, 0.4) is 0 Å². The van der Waals surface area contributed by atoms with Gasteiger partial charge in [-0.15, -0.1) is 71.3 Å². The molecule has 6 aromatic carbocycles. The van der Waals surface area contributed by atoms with Crippen molar-refractivity contribution in [3.05, 3.63) is 205 Å². The SMILES string of the molecule is Cc1cccc(-c2[c-]ccc(-c3cccc(-c4cccc(-c5ccc6c(c5)C(C)(C)c5ccccc5-6)c4)c3)c2)n1.[Ir].[c-]1ccccc1-c1ccccn1. The maximum absolute atomic E-state index is 4.69. The van der Waals surface area contributed by atoms with Crippen LogP contribution in [-0.4, -0.2) is 9.97 Å². The fourth-order valence-electron chi connectivity index (χ4n) is 7.20. The number of fused-ring (bicyclic) bond motifs is 3. The molecule has 0 saturated heterocycles. The largest absolute Gasteiger partial charge is 0.305 e. The number of nitrogens with zero attached hydrogens (tertiary/aromatic N) is 2. The summed E-state index contributed by atoms with van der Waals surface area (Å²) in [5.41, 5.74) is 17.8. The molecule has 0 saturated carbocycles. The molecule has 53 heavy (non-hydrogen) atoms. The van der Waals surface area contributed by atoms with E-state index < -0.39 is 0 Å². The van der Waals surface area contributed by atoms with Crippen LogP contribution in [-0.2, 0) is 25.5 Å². The minimum atomic E-state index is -0.00614. The summed E-state index contributed by atoms with van der Waals surface area (Å²) >= 11 is 0. The molecule has 2 nitrogen and oxygen atoms in total. The third-order valence-corrected chi connectivity index (χ3v) is 9.92. The number of rotatable bonds is 5. The van der Waals surface area contributed by atoms with Crippen molar-refractivity contribution in [3.8, 4) is 67.0 Å². The van der Waals surface area contributed by atoms with Crippen molar-refractivity contribution in [1.29, 1.82) is 0 Å². The van der Waals surface area contributed by atoms with E-state index in [4.69, 9.17) is 4.98 Å². The van der Waals surface area contributed by atoms with Gasteiger partial charge in [0.2, 0.25) is 0 Å². The number of aromatic nitrogens is 2. The molecule has 0 fully saturated rings. The average molecular weight is 859 g/mol. The van der Waals surface area contributed by atoms with Crippen LogP contribution < -0.4 is 0 Å². The van der Waals surface area contributed by atoms with Gasteiger partial charge in [-0.25, -0.2) is 0 Å². The molecule has 0 aliphatic heterocycles. The van der Waals surface area contributed by atoms with Gasteiger partial charge in [0.05, 0.1) is 0 Å². The predicted octanol–water partition coefficient (Wildman–Crippen LogP) is 12.7. The van der Waals surface area contributed by atoms with Crippen LogP contribution >= 0.6 is 0 Å². The van der Waals surface area contributed by atoms with Crippen molar-refractivity contribution in [2.75, 3.05) is 0 Å². The topological polar surface area (TPSA) is 25.8 Å². The fraction of sp³-hybridized carbons (Fsp3) is 0.0800. The Balaban J connectivity index is 0.000000284. The van der Waals surface area contributed by atoms with E-state index in [2.05, 4.69) is 134 Å². The fourth-order valence-corrected chi connectivity index (χ4v) is 7.20. The number of aryl methyl sites for hydroxylation is 1. The van der Waals surface area contributed by atoms with Gasteiger partial charge in [-0.05, 0) is 98.7 Å². The van der Waals surface area contributed by atoms with Gasteiger partial charge in [0, 0.05) is 37.4 Å². The second kappa shape index (κ2) is 15.5. The zero-order valence-electron chi connectivity index (χ0n) is 30.0. The van der Waals surface area contributed by atoms with Crippen molar-refractivity contribution in [1.82, 2.24) is 9.97 Å². The first kappa shape index (κ1) is 35.7. The summed E-state index contributed by atoms with van der Waals surface area (Å²) in [6.45, 7) is 6.70. The van der Waals surface area contributed by atoms with Gasteiger partial charge >= 0.3 is 0 Å². The standard InChI is InChI=1S/C39H30N.C11H8N.Ir/c1-26-10-6-19-38(40-26)33-16-9-15-31(24-33)29-13-7-11-27(22-29)28-12-8-14-30(23-28)32-20-21-35-34-17-4-5-18-36(34)39(2,3)37(35)25-32;1-2-6-10(7-3-1)11-8-4-5-9-12-11;/h4-15,17-25H,1-3H3;1-6,8-9H;/q2*-1;. The van der Waals surface area contributed by atoms with Crippen molar-refractivity contribution >= 4 is 0 Å². The van der Waals surface area contributed by atoms with Crippen LogP contribution in [0, 0.1) is 19.1 Å². The monoisotopic (exact) mass is 859 g/mol. The molecular weight excluding hydrogens is 821 g/mol. The molecule has 1 aliphatic carbocycles. The average Bonchev–Trinajstić information content (AvgIpc) is 3.44. The Hall–Kier alpha value is -5.73. The molecule has 0 amide bonds. The molecule has 9 rings (SSSR count). The zero-order chi connectivity index (χ0) is 35.5. The molecular formula is C50H38IrN2-2. The van der Waals surface area contributed by atoms with Crippen LogP contribution in [0.15, 0.2) is 176 Å². The van der Waals surface area contributed by atoms with E-state index in [-0.39, 0.29) is 25.5 Å². The van der Waals surface area contributed by atoms with Gasteiger partial charge in [-0.1, -0.05) is 111 Å². The Bertz CT molecular complexity index is 2470. The van der Waals surface area contributed by atoms with Gasteiger partial charge < -0.3 is 9.97 Å². The Kier molecular flexibility index (Phi) is 10.4. The van der Waals surface area contributed by atoms with E-state index in [9.17, 15) is 0 Å². The number of hydrogen-bond donors (Lipinski definition) is 0. The molecule has 0 unspecified atom stereocenters. The van der Waals surface area contributed by atoms with Gasteiger partial charge in [0.1, 0.15) is 0 Å². The van der Waals surface area contributed by atoms with E-state index in [1.165, 1.54) is 50.1 Å². The van der Waals surface area contributed by atoms with E-state index in [1.54, 1.807) is 6.20 Å². The van der Waals surface area contributed by atoms with Crippen LogP contribution in [0.4, 0.5) is 0 Å². The molecule has 0 spiro atoms. The summed E-state index contributed by atoms with van der Waals surface area (Å²) in [4.78, 5) is 8.91. The van der Waals surface area contributed by atoms with Gasteiger partial charge in [-0.3, -0.25) is 0 Å². The molecule has 2 aromatic heterocycles.